The summed E-state index contributed by atoms with van der Waals surface area (Å²) >= 11 is 0. The number of H-pyrrole nitrogens is 1. The van der Waals surface area contributed by atoms with E-state index < -0.39 is 29.8 Å². The minimum atomic E-state index is -0.707. The third-order valence-corrected chi connectivity index (χ3v) is 12.3. The average molecular weight is 819 g/mol. The van der Waals surface area contributed by atoms with Crippen LogP contribution in [-0.2, 0) is 24.6 Å². The number of aromatic amines is 1. The van der Waals surface area contributed by atoms with Crippen molar-refractivity contribution >= 4 is 46.3 Å². The van der Waals surface area contributed by atoms with Gasteiger partial charge in [-0.3, -0.25) is 19.5 Å². The highest BCUT2D eigenvalue weighted by atomic mass is 16.5. The predicted molar refractivity (Wildman–Crippen MR) is 232 cm³/mol. The summed E-state index contributed by atoms with van der Waals surface area (Å²) in [6, 6.07) is 17.4. The summed E-state index contributed by atoms with van der Waals surface area (Å²) in [5.41, 5.74) is 5.48. The van der Waals surface area contributed by atoms with Gasteiger partial charge in [0.25, 0.3) is 0 Å². The van der Waals surface area contributed by atoms with Crippen LogP contribution >= 0.6 is 0 Å². The molecule has 0 unspecified atom stereocenters. The van der Waals surface area contributed by atoms with Crippen LogP contribution in [-0.4, -0.2) is 107 Å². The summed E-state index contributed by atoms with van der Waals surface area (Å²) in [5, 5.41) is 8.52. The van der Waals surface area contributed by atoms with E-state index in [9.17, 15) is 19.2 Å². The first kappa shape index (κ1) is 42.2. The number of methoxy groups -OCH3 is 2. The van der Waals surface area contributed by atoms with Crippen molar-refractivity contribution in [3.8, 4) is 22.4 Å². The second-order valence-corrected chi connectivity index (χ2v) is 17.4. The molecule has 4 amide bonds. The van der Waals surface area contributed by atoms with Gasteiger partial charge in [0, 0.05) is 37.0 Å². The first-order valence-electron chi connectivity index (χ1n) is 21.0. The third-order valence-electron chi connectivity index (χ3n) is 12.3. The lowest BCUT2D eigenvalue weighted by Gasteiger charge is -2.36. The maximum Gasteiger partial charge on any atom is 0.409 e. The molecule has 0 aliphatic carbocycles. The van der Waals surface area contributed by atoms with Crippen LogP contribution in [0.25, 0.3) is 33.2 Å². The molecule has 3 aromatic carbocycles. The lowest BCUT2D eigenvalue weighted by molar-refractivity contribution is -0.138. The number of likely N-dealkylation sites (tertiary alicyclic amines) is 2. The van der Waals surface area contributed by atoms with E-state index in [0.29, 0.717) is 13.1 Å². The second kappa shape index (κ2) is 17.0. The van der Waals surface area contributed by atoms with Crippen molar-refractivity contribution in [3.05, 3.63) is 72.2 Å². The van der Waals surface area contributed by atoms with E-state index in [1.165, 1.54) is 19.1 Å². The van der Waals surface area contributed by atoms with Gasteiger partial charge in [-0.05, 0) is 91.5 Å². The molecule has 0 radical (unpaired) electrons. The van der Waals surface area contributed by atoms with Gasteiger partial charge >= 0.3 is 12.2 Å². The van der Waals surface area contributed by atoms with Crippen LogP contribution in [0.1, 0.15) is 84.7 Å². The fourth-order valence-electron chi connectivity index (χ4n) is 9.12. The Balaban J connectivity index is 1.09. The Bertz CT molecular complexity index is 2320. The minimum absolute atomic E-state index is 0.0963. The molecule has 2 fully saturated rings. The zero-order valence-electron chi connectivity index (χ0n) is 36.2. The van der Waals surface area contributed by atoms with Crippen molar-refractivity contribution in [2.24, 2.45) is 16.8 Å². The molecule has 3 N–H and O–H groups in total. The van der Waals surface area contributed by atoms with E-state index in [-0.39, 0.29) is 35.7 Å². The highest BCUT2D eigenvalue weighted by Crippen LogP contribution is 2.40. The number of imidazole rings is 1. The number of amides is 4. The zero-order chi connectivity index (χ0) is 43.0. The first-order chi connectivity index (χ1) is 28.6. The van der Waals surface area contributed by atoms with Crippen LogP contribution in [0, 0.1) is 11.8 Å². The highest BCUT2D eigenvalue weighted by molar-refractivity contribution is 6.05. The predicted octanol–water partition coefficient (Wildman–Crippen LogP) is 7.71. The fourth-order valence-corrected chi connectivity index (χ4v) is 9.12. The van der Waals surface area contributed by atoms with Crippen molar-refractivity contribution in [1.29, 1.82) is 0 Å². The number of likely N-dealkylation sites (N-methyl/N-ethyl adjacent to an activating group) is 1. The number of aromatic nitrogens is 2. The number of nitrogens with zero attached hydrogens (tertiary/aromatic N) is 5. The maximum absolute atomic E-state index is 13.9. The third kappa shape index (κ3) is 8.16. The molecule has 0 saturated carbocycles. The number of hydrogen-bond donors (Lipinski definition) is 3. The first-order valence-corrected chi connectivity index (χ1v) is 21.0. The van der Waals surface area contributed by atoms with E-state index in [1.807, 2.05) is 43.7 Å². The SMILES string of the molecule is COC(=O)N[C@H](C(=O)N1CCC[C@H]1C1=NC(C)(C)c2ccc(-c3ccc4cc(-c5cnc([C@@H]6CCCN6C(=O)[C@H](C(C)C)N(C)C(=O)OC)[nH]5)ccc4c3)cc2N1)C(C)C. The summed E-state index contributed by atoms with van der Waals surface area (Å²) in [7, 11) is 4.23. The largest absolute Gasteiger partial charge is 0.453 e. The molecule has 3 aliphatic rings. The van der Waals surface area contributed by atoms with Gasteiger partial charge in [-0.15, -0.1) is 0 Å². The quantitative estimate of drug-likeness (QED) is 0.147. The number of fused-ring (bicyclic) bond motifs is 2. The normalized spacial score (nSPS) is 19.4. The number of ether oxygens (including phenoxy) is 2. The van der Waals surface area contributed by atoms with Crippen LogP contribution < -0.4 is 10.6 Å². The molecule has 14 nitrogen and oxygen atoms in total. The standard InChI is InChI=1S/C46H58N8O6/c1-26(2)38(50-44(57)59-8)42(55)53-20-11-13-37(53)41-48-34-24-31(18-19-33(34)46(5,6)51-41)29-14-15-30-23-32(17-16-28(30)22-29)35-25-47-40(49-35)36-12-10-21-54(36)43(56)39(27(3)4)52(7)45(58)60-9/h14-19,22-27,36-39H,10-13,20-21H2,1-9H3,(H,47,49)(H,48,51)(H,50,57)/t36-,37-,38-,39-/m0/s1. The molecule has 4 atom stereocenters. The number of carbonyl (C=O) groups is 4. The Morgan fingerprint density at radius 1 is 0.817 bits per heavy atom. The minimum Gasteiger partial charge on any atom is -0.453 e. The smallest absolute Gasteiger partial charge is 0.409 e. The van der Waals surface area contributed by atoms with Gasteiger partial charge in [-0.2, -0.15) is 0 Å². The average Bonchev–Trinajstić information content (AvgIpc) is 4.03. The second-order valence-electron chi connectivity index (χ2n) is 17.4. The summed E-state index contributed by atoms with van der Waals surface area (Å²) in [4.78, 5) is 70.7. The Morgan fingerprint density at radius 2 is 1.43 bits per heavy atom. The molecule has 4 aromatic rings. The molecule has 7 rings (SSSR count). The highest BCUT2D eigenvalue weighted by Gasteiger charge is 2.42. The number of benzene rings is 3. The van der Waals surface area contributed by atoms with Gasteiger partial charge in [0.2, 0.25) is 11.8 Å². The molecule has 318 valence electrons. The molecular formula is C46H58N8O6. The number of alkyl carbamates (subject to hydrolysis) is 1. The number of hydrogen-bond acceptors (Lipinski definition) is 9. The van der Waals surface area contributed by atoms with E-state index in [2.05, 4.69) is 84.1 Å². The van der Waals surface area contributed by atoms with Gasteiger partial charge in [0.15, 0.2) is 0 Å². The monoisotopic (exact) mass is 818 g/mol. The molecule has 4 heterocycles. The molecule has 0 spiro atoms. The van der Waals surface area contributed by atoms with E-state index in [0.717, 1.165) is 81.8 Å². The van der Waals surface area contributed by atoms with Crippen LogP contribution in [0.3, 0.4) is 0 Å². The van der Waals surface area contributed by atoms with Crippen molar-refractivity contribution in [3.63, 3.8) is 0 Å². The summed E-state index contributed by atoms with van der Waals surface area (Å²) in [6.45, 7) is 13.1. The number of carbonyl (C=O) groups excluding carboxylic acids is 4. The number of aliphatic imine (C=N–C) groups is 1. The Hall–Kier alpha value is -5.92. The van der Waals surface area contributed by atoms with Gasteiger partial charge in [0.1, 0.15) is 23.7 Å². The number of anilines is 1. The summed E-state index contributed by atoms with van der Waals surface area (Å²) in [6.07, 6.45) is 3.90. The topological polar surface area (TPSA) is 162 Å². The zero-order valence-corrected chi connectivity index (χ0v) is 36.2. The van der Waals surface area contributed by atoms with Gasteiger partial charge in [-0.1, -0.05) is 64.1 Å². The van der Waals surface area contributed by atoms with Crippen LogP contribution in [0.2, 0.25) is 0 Å². The van der Waals surface area contributed by atoms with Crippen molar-refractivity contribution in [1.82, 2.24) is 30.0 Å². The van der Waals surface area contributed by atoms with E-state index >= 15 is 0 Å². The van der Waals surface area contributed by atoms with Gasteiger partial charge in [-0.25, -0.2) is 14.6 Å². The summed E-state index contributed by atoms with van der Waals surface area (Å²) < 4.78 is 9.74. The number of amidine groups is 1. The molecule has 60 heavy (non-hydrogen) atoms. The molecule has 3 aliphatic heterocycles. The summed E-state index contributed by atoms with van der Waals surface area (Å²) in [5.74, 6) is 1.02. The molecule has 1 aromatic heterocycles. The Labute approximate surface area is 352 Å². The van der Waals surface area contributed by atoms with Crippen molar-refractivity contribution < 1.29 is 28.7 Å². The number of rotatable bonds is 10. The van der Waals surface area contributed by atoms with Crippen molar-refractivity contribution in [2.45, 2.75) is 96.9 Å². The lowest BCUT2D eigenvalue weighted by atomic mass is 9.88. The van der Waals surface area contributed by atoms with Gasteiger partial charge < -0.3 is 34.9 Å². The maximum atomic E-state index is 13.9. The lowest BCUT2D eigenvalue weighted by Crippen LogP contribution is -2.55. The molecule has 2 saturated heterocycles. The Morgan fingerprint density at radius 3 is 2.08 bits per heavy atom. The van der Waals surface area contributed by atoms with E-state index in [4.69, 9.17) is 19.5 Å². The fraction of sp³-hybridized carbons (Fsp3) is 0.478. The van der Waals surface area contributed by atoms with Gasteiger partial charge in [0.05, 0.1) is 43.7 Å². The number of nitrogens with one attached hydrogen (secondary N) is 3. The van der Waals surface area contributed by atoms with Crippen LogP contribution in [0.4, 0.5) is 15.3 Å². The molecular weight excluding hydrogens is 761 g/mol. The Kier molecular flexibility index (Phi) is 11.9. The van der Waals surface area contributed by atoms with Crippen LogP contribution in [0.15, 0.2) is 65.8 Å². The van der Waals surface area contributed by atoms with Crippen LogP contribution in [0.5, 0.6) is 0 Å². The van der Waals surface area contributed by atoms with E-state index in [1.54, 1.807) is 7.05 Å². The molecule has 14 heteroatoms. The van der Waals surface area contributed by atoms with Crippen molar-refractivity contribution in [2.75, 3.05) is 39.7 Å². The molecule has 0 bridgehead atoms.